The monoisotopic (exact) mass is 192 g/mol. The van der Waals surface area contributed by atoms with Crippen molar-refractivity contribution in [3.05, 3.63) is 12.1 Å². The molecule has 1 fully saturated rings. The topological polar surface area (TPSA) is 77.0 Å². The van der Waals surface area contributed by atoms with Crippen LogP contribution in [0.4, 0.5) is 17.3 Å². The first-order valence-electron chi connectivity index (χ1n) is 4.95. The van der Waals surface area contributed by atoms with Crippen molar-refractivity contribution < 1.29 is 0 Å². The zero-order valence-corrected chi connectivity index (χ0v) is 8.33. The lowest BCUT2D eigenvalue weighted by Gasteiger charge is -2.34. The van der Waals surface area contributed by atoms with Crippen LogP contribution in [-0.2, 0) is 0 Å². The minimum absolute atomic E-state index is 0.405. The quantitative estimate of drug-likeness (QED) is 0.663. The molecule has 1 aliphatic carbocycles. The second kappa shape index (κ2) is 3.36. The standard InChI is InChI=1S/C10H16N4/c1-6-2-4-8(6)13-9-5-3-7(11)10(12)14-9/h3,5-6,8H,2,4,11H2,1H3,(H3,12,13,14). The van der Waals surface area contributed by atoms with Crippen molar-refractivity contribution in [2.45, 2.75) is 25.8 Å². The number of hydrogen-bond acceptors (Lipinski definition) is 4. The highest BCUT2D eigenvalue weighted by molar-refractivity contribution is 5.61. The number of nitrogen functional groups attached to an aromatic ring is 2. The molecule has 0 radical (unpaired) electrons. The van der Waals surface area contributed by atoms with Crippen LogP contribution >= 0.6 is 0 Å². The molecule has 4 nitrogen and oxygen atoms in total. The van der Waals surface area contributed by atoms with Gasteiger partial charge in [0.2, 0.25) is 0 Å². The molecule has 1 aromatic rings. The Morgan fingerprint density at radius 3 is 2.64 bits per heavy atom. The van der Waals surface area contributed by atoms with Gasteiger partial charge in [-0.3, -0.25) is 0 Å². The van der Waals surface area contributed by atoms with Crippen molar-refractivity contribution in [2.75, 3.05) is 16.8 Å². The fraction of sp³-hybridized carbons (Fsp3) is 0.500. The Morgan fingerprint density at radius 1 is 1.36 bits per heavy atom. The van der Waals surface area contributed by atoms with Gasteiger partial charge in [-0.1, -0.05) is 6.92 Å². The number of rotatable bonds is 2. The average Bonchev–Trinajstić information content (AvgIpc) is 2.17. The fourth-order valence-electron chi connectivity index (χ4n) is 1.64. The molecule has 1 aliphatic rings. The maximum Gasteiger partial charge on any atom is 0.149 e. The van der Waals surface area contributed by atoms with Crippen molar-refractivity contribution in [3.63, 3.8) is 0 Å². The van der Waals surface area contributed by atoms with E-state index in [4.69, 9.17) is 11.5 Å². The molecule has 2 rings (SSSR count). The number of nitrogens with zero attached hydrogens (tertiary/aromatic N) is 1. The van der Waals surface area contributed by atoms with E-state index in [1.165, 1.54) is 12.8 Å². The van der Waals surface area contributed by atoms with Crippen LogP contribution in [0.3, 0.4) is 0 Å². The molecule has 0 amide bonds. The van der Waals surface area contributed by atoms with Crippen LogP contribution in [0, 0.1) is 5.92 Å². The molecule has 1 heterocycles. The van der Waals surface area contributed by atoms with Gasteiger partial charge in [0.05, 0.1) is 5.69 Å². The summed E-state index contributed by atoms with van der Waals surface area (Å²) >= 11 is 0. The molecule has 2 atom stereocenters. The third-order valence-electron chi connectivity index (χ3n) is 2.91. The van der Waals surface area contributed by atoms with Crippen LogP contribution in [-0.4, -0.2) is 11.0 Å². The Hall–Kier alpha value is -1.45. The van der Waals surface area contributed by atoms with Crippen molar-refractivity contribution in [2.24, 2.45) is 5.92 Å². The summed E-state index contributed by atoms with van der Waals surface area (Å²) in [7, 11) is 0. The molecule has 1 saturated carbocycles. The normalized spacial score (nSPS) is 25.5. The zero-order chi connectivity index (χ0) is 10.1. The maximum atomic E-state index is 5.61. The highest BCUT2D eigenvalue weighted by Crippen LogP contribution is 2.29. The second-order valence-corrected chi connectivity index (χ2v) is 3.98. The summed E-state index contributed by atoms with van der Waals surface area (Å²) in [6, 6.07) is 4.20. The number of pyridine rings is 1. The van der Waals surface area contributed by atoms with Gasteiger partial charge in [-0.25, -0.2) is 4.98 Å². The Bertz CT molecular complexity index is 337. The number of hydrogen-bond donors (Lipinski definition) is 3. The largest absolute Gasteiger partial charge is 0.396 e. The van der Waals surface area contributed by atoms with E-state index < -0.39 is 0 Å². The molecule has 0 aliphatic heterocycles. The lowest BCUT2D eigenvalue weighted by Crippen LogP contribution is -2.36. The molecule has 2 unspecified atom stereocenters. The summed E-state index contributed by atoms with van der Waals surface area (Å²) in [4.78, 5) is 4.17. The summed E-state index contributed by atoms with van der Waals surface area (Å²) in [6.07, 6.45) is 2.51. The molecule has 5 N–H and O–H groups in total. The summed E-state index contributed by atoms with van der Waals surface area (Å²) < 4.78 is 0. The first-order chi connectivity index (χ1) is 6.66. The predicted octanol–water partition coefficient (Wildman–Crippen LogP) is 1.46. The van der Waals surface area contributed by atoms with E-state index >= 15 is 0 Å². The van der Waals surface area contributed by atoms with Crippen LogP contribution in [0.15, 0.2) is 12.1 Å². The van der Waals surface area contributed by atoms with Gasteiger partial charge in [-0.2, -0.15) is 0 Å². The zero-order valence-electron chi connectivity index (χ0n) is 8.33. The Kier molecular flexibility index (Phi) is 2.19. The predicted molar refractivity (Wildman–Crippen MR) is 58.9 cm³/mol. The molecular formula is C10H16N4. The fourth-order valence-corrected chi connectivity index (χ4v) is 1.64. The Balaban J connectivity index is 2.06. The van der Waals surface area contributed by atoms with Crippen LogP contribution in [0.25, 0.3) is 0 Å². The minimum atomic E-state index is 0.405. The van der Waals surface area contributed by atoms with Crippen LogP contribution in [0.2, 0.25) is 0 Å². The van der Waals surface area contributed by atoms with Gasteiger partial charge in [0, 0.05) is 6.04 Å². The van der Waals surface area contributed by atoms with Crippen LogP contribution in [0.5, 0.6) is 0 Å². The van der Waals surface area contributed by atoms with Gasteiger partial charge in [-0.05, 0) is 30.9 Å². The first-order valence-corrected chi connectivity index (χ1v) is 4.95. The van der Waals surface area contributed by atoms with Gasteiger partial charge in [0.15, 0.2) is 0 Å². The first kappa shape index (κ1) is 9.12. The van der Waals surface area contributed by atoms with E-state index in [-0.39, 0.29) is 0 Å². The number of nitrogens with two attached hydrogens (primary N) is 2. The van der Waals surface area contributed by atoms with Crippen LogP contribution < -0.4 is 16.8 Å². The third kappa shape index (κ3) is 1.60. The number of anilines is 3. The molecule has 14 heavy (non-hydrogen) atoms. The van der Waals surface area contributed by atoms with E-state index in [0.29, 0.717) is 17.5 Å². The Morgan fingerprint density at radius 2 is 2.14 bits per heavy atom. The van der Waals surface area contributed by atoms with Gasteiger partial charge in [0.1, 0.15) is 11.6 Å². The highest BCUT2D eigenvalue weighted by atomic mass is 15.1. The molecule has 0 saturated heterocycles. The van der Waals surface area contributed by atoms with Crippen molar-refractivity contribution in [3.8, 4) is 0 Å². The van der Waals surface area contributed by atoms with Crippen molar-refractivity contribution in [1.82, 2.24) is 4.98 Å². The third-order valence-corrected chi connectivity index (χ3v) is 2.91. The summed E-state index contributed by atoms with van der Waals surface area (Å²) in [5.74, 6) is 1.96. The summed E-state index contributed by atoms with van der Waals surface area (Å²) in [5, 5.41) is 3.35. The van der Waals surface area contributed by atoms with Gasteiger partial charge < -0.3 is 16.8 Å². The lowest BCUT2D eigenvalue weighted by atomic mass is 9.81. The molecule has 1 aromatic heterocycles. The number of nitrogens with one attached hydrogen (secondary N) is 1. The lowest BCUT2D eigenvalue weighted by molar-refractivity contribution is 0.303. The molecular weight excluding hydrogens is 176 g/mol. The SMILES string of the molecule is CC1CCC1Nc1ccc(N)c(N)n1. The smallest absolute Gasteiger partial charge is 0.149 e. The van der Waals surface area contributed by atoms with E-state index in [1.54, 1.807) is 6.07 Å². The Labute approximate surface area is 83.7 Å². The maximum absolute atomic E-state index is 5.61. The minimum Gasteiger partial charge on any atom is -0.396 e. The van der Waals surface area contributed by atoms with Crippen molar-refractivity contribution >= 4 is 17.3 Å². The number of aromatic nitrogens is 1. The highest BCUT2D eigenvalue weighted by Gasteiger charge is 2.26. The molecule has 4 heteroatoms. The molecule has 0 aromatic carbocycles. The van der Waals surface area contributed by atoms with Gasteiger partial charge in [-0.15, -0.1) is 0 Å². The molecule has 0 bridgehead atoms. The van der Waals surface area contributed by atoms with E-state index in [1.807, 2.05) is 6.07 Å². The van der Waals surface area contributed by atoms with E-state index in [9.17, 15) is 0 Å². The van der Waals surface area contributed by atoms with Crippen LogP contribution in [0.1, 0.15) is 19.8 Å². The average molecular weight is 192 g/mol. The van der Waals surface area contributed by atoms with Gasteiger partial charge in [0.25, 0.3) is 0 Å². The van der Waals surface area contributed by atoms with E-state index in [0.717, 1.165) is 11.7 Å². The van der Waals surface area contributed by atoms with Crippen molar-refractivity contribution in [1.29, 1.82) is 0 Å². The molecule has 76 valence electrons. The molecule has 0 spiro atoms. The van der Waals surface area contributed by atoms with Gasteiger partial charge >= 0.3 is 0 Å². The summed E-state index contributed by atoms with van der Waals surface area (Å²) in [5.41, 5.74) is 11.7. The van der Waals surface area contributed by atoms with E-state index in [2.05, 4.69) is 17.2 Å². The summed E-state index contributed by atoms with van der Waals surface area (Å²) in [6.45, 7) is 2.24. The second-order valence-electron chi connectivity index (χ2n) is 3.98.